The maximum atomic E-state index is 14.2. The van der Waals surface area contributed by atoms with Crippen molar-refractivity contribution >= 4 is 17.9 Å². The molecule has 1 amide bonds. The van der Waals surface area contributed by atoms with Gasteiger partial charge in [-0.25, -0.2) is 8.78 Å². The number of alkyl halides is 5. The van der Waals surface area contributed by atoms with E-state index in [2.05, 4.69) is 22.8 Å². The highest BCUT2D eigenvalue weighted by atomic mass is 19.4. The number of amides is 1. The highest BCUT2D eigenvalue weighted by Gasteiger charge is 2.60. The van der Waals surface area contributed by atoms with Gasteiger partial charge in [-0.2, -0.15) is 18.3 Å². The number of carbonyl (C=O) groups excluding carboxylic acids is 1. The van der Waals surface area contributed by atoms with Gasteiger partial charge in [0.2, 0.25) is 0 Å². The molecule has 6 rings (SSSR count). The highest BCUT2D eigenvalue weighted by Crippen LogP contribution is 2.54. The molecule has 0 bridgehead atoms. The molecule has 7 nitrogen and oxygen atoms in total. The van der Waals surface area contributed by atoms with Crippen molar-refractivity contribution in [2.24, 2.45) is 11.0 Å². The molecule has 2 N–H and O–H groups in total. The number of hydrogen-bond acceptors (Lipinski definition) is 6. The Labute approximate surface area is 247 Å². The molecule has 4 aliphatic rings. The quantitative estimate of drug-likeness (QED) is 0.287. The summed E-state index contributed by atoms with van der Waals surface area (Å²) in [6.45, 7) is 2.15. The zero-order valence-electron chi connectivity index (χ0n) is 24.4. The van der Waals surface area contributed by atoms with Crippen molar-refractivity contribution in [3.8, 4) is 0 Å². The molecule has 2 atom stereocenters. The highest BCUT2D eigenvalue weighted by molar-refractivity contribution is 6.10. The minimum atomic E-state index is -4.66. The van der Waals surface area contributed by atoms with E-state index in [0.717, 1.165) is 11.6 Å². The summed E-state index contributed by atoms with van der Waals surface area (Å²) >= 11 is 0. The monoisotopic (exact) mass is 605 g/mol. The maximum Gasteiger partial charge on any atom is 0.416 e. The van der Waals surface area contributed by atoms with E-state index in [9.17, 15) is 26.7 Å². The van der Waals surface area contributed by atoms with Crippen molar-refractivity contribution < 1.29 is 31.5 Å². The van der Waals surface area contributed by atoms with Gasteiger partial charge in [0.15, 0.2) is 0 Å². The SMILES string of the molecule is COC1CC(c2cccc(N3Cc4c(cc(CNCCC5CCC5(F)F)cc4C(F)(F)F)C3=O)c2)(C2(C)NN=CN2C)C1. The second kappa shape index (κ2) is 10.4. The number of ether oxygens (including phenoxy) is 1. The first-order valence-electron chi connectivity index (χ1n) is 14.6. The molecule has 43 heavy (non-hydrogen) atoms. The molecule has 2 saturated carbocycles. The van der Waals surface area contributed by atoms with Gasteiger partial charge in [0.05, 0.1) is 18.2 Å². The smallest absolute Gasteiger partial charge is 0.381 e. The first-order valence-corrected chi connectivity index (χ1v) is 14.6. The van der Waals surface area contributed by atoms with E-state index in [4.69, 9.17) is 4.74 Å². The van der Waals surface area contributed by atoms with Gasteiger partial charge < -0.3 is 19.9 Å². The summed E-state index contributed by atoms with van der Waals surface area (Å²) in [7, 11) is 3.61. The van der Waals surface area contributed by atoms with Crippen molar-refractivity contribution in [1.82, 2.24) is 15.6 Å². The number of halogens is 5. The maximum absolute atomic E-state index is 14.2. The van der Waals surface area contributed by atoms with Crippen LogP contribution in [0.3, 0.4) is 0 Å². The van der Waals surface area contributed by atoms with Crippen molar-refractivity contribution in [3.05, 3.63) is 64.2 Å². The van der Waals surface area contributed by atoms with E-state index < -0.39 is 40.6 Å². The lowest BCUT2D eigenvalue weighted by atomic mass is 9.55. The first kappa shape index (κ1) is 29.8. The van der Waals surface area contributed by atoms with Crippen LogP contribution in [0.5, 0.6) is 0 Å². The second-order valence-electron chi connectivity index (χ2n) is 12.5. The number of fused-ring (bicyclic) bond motifs is 1. The Bertz CT molecular complexity index is 1440. The third-order valence-electron chi connectivity index (χ3n) is 10.2. The second-order valence-corrected chi connectivity index (χ2v) is 12.5. The number of carbonyl (C=O) groups is 1. The van der Waals surface area contributed by atoms with Gasteiger partial charge in [-0.15, -0.1) is 0 Å². The Kier molecular flexibility index (Phi) is 7.23. The largest absolute Gasteiger partial charge is 0.416 e. The molecule has 0 radical (unpaired) electrons. The minimum absolute atomic E-state index is 0.0120. The Morgan fingerprint density at radius 1 is 1.19 bits per heavy atom. The molecule has 2 heterocycles. The zero-order valence-corrected chi connectivity index (χ0v) is 24.4. The van der Waals surface area contributed by atoms with E-state index in [-0.39, 0.29) is 55.3 Å². The van der Waals surface area contributed by atoms with Crippen LogP contribution in [0, 0.1) is 5.92 Å². The van der Waals surface area contributed by atoms with Gasteiger partial charge >= 0.3 is 6.18 Å². The van der Waals surface area contributed by atoms with Crippen LogP contribution in [-0.2, 0) is 29.4 Å². The molecule has 2 aromatic rings. The van der Waals surface area contributed by atoms with Crippen molar-refractivity contribution in [3.63, 3.8) is 0 Å². The molecular formula is C31H36F5N5O2. The standard InChI is InChI=1S/C31H36F5N5O2/c1-28(39-38-18-40(28)2)29(14-23(15-29)43-3)21-5-4-6-22(13-21)41-17-25-24(27(41)42)11-19(12-26(25)31(34,35)36)16-37-10-8-20-7-9-30(20,32)33/h4-6,11-13,18,20,23,37,39H,7-10,14-17H2,1-3H3. The summed E-state index contributed by atoms with van der Waals surface area (Å²) in [4.78, 5) is 17.1. The van der Waals surface area contributed by atoms with E-state index in [1.807, 2.05) is 30.1 Å². The molecule has 0 saturated heterocycles. The molecule has 2 aliphatic carbocycles. The van der Waals surface area contributed by atoms with Gasteiger partial charge in [0, 0.05) is 49.7 Å². The molecule has 0 spiro atoms. The minimum Gasteiger partial charge on any atom is -0.381 e. The average Bonchev–Trinajstić information content (AvgIpc) is 3.45. The first-order chi connectivity index (χ1) is 20.3. The summed E-state index contributed by atoms with van der Waals surface area (Å²) in [6.07, 6.45) is -0.918. The molecule has 12 heteroatoms. The van der Waals surface area contributed by atoms with Gasteiger partial charge in [-0.1, -0.05) is 12.1 Å². The third-order valence-corrected chi connectivity index (χ3v) is 10.2. The van der Waals surface area contributed by atoms with Crippen LogP contribution in [-0.4, -0.2) is 55.5 Å². The van der Waals surface area contributed by atoms with E-state index in [0.29, 0.717) is 24.9 Å². The molecule has 2 aromatic carbocycles. The number of likely N-dealkylation sites (N-methyl/N-ethyl adjacent to an activating group) is 1. The van der Waals surface area contributed by atoms with Gasteiger partial charge in [-0.3, -0.25) is 10.2 Å². The van der Waals surface area contributed by atoms with Crippen LogP contribution in [0.25, 0.3) is 0 Å². The number of benzene rings is 2. The molecular weight excluding hydrogens is 569 g/mol. The van der Waals surface area contributed by atoms with E-state index in [1.165, 1.54) is 11.0 Å². The van der Waals surface area contributed by atoms with Gasteiger partial charge in [0.1, 0.15) is 12.0 Å². The van der Waals surface area contributed by atoms with E-state index in [1.54, 1.807) is 19.5 Å². The normalized spacial score (nSPS) is 29.3. The Morgan fingerprint density at radius 3 is 2.56 bits per heavy atom. The predicted molar refractivity (Wildman–Crippen MR) is 152 cm³/mol. The summed E-state index contributed by atoms with van der Waals surface area (Å²) in [5, 5.41) is 7.26. The average molecular weight is 606 g/mol. The Morgan fingerprint density at radius 2 is 1.95 bits per heavy atom. The van der Waals surface area contributed by atoms with Crippen LogP contribution in [0.15, 0.2) is 41.5 Å². The lowest BCUT2D eigenvalue weighted by Crippen LogP contribution is -2.69. The fourth-order valence-electron chi connectivity index (χ4n) is 7.11. The van der Waals surface area contributed by atoms with Crippen molar-refractivity contribution in [1.29, 1.82) is 0 Å². The van der Waals surface area contributed by atoms with Crippen molar-refractivity contribution in [2.45, 2.75) is 81.4 Å². The topological polar surface area (TPSA) is 69.2 Å². The number of anilines is 1. The number of methoxy groups -OCH3 is 1. The summed E-state index contributed by atoms with van der Waals surface area (Å²) in [5.74, 6) is -3.86. The lowest BCUT2D eigenvalue weighted by molar-refractivity contribution is -0.138. The van der Waals surface area contributed by atoms with Crippen LogP contribution in [0.2, 0.25) is 0 Å². The fourth-order valence-corrected chi connectivity index (χ4v) is 7.11. The summed E-state index contributed by atoms with van der Waals surface area (Å²) in [6, 6.07) is 9.99. The van der Waals surface area contributed by atoms with Crippen LogP contribution >= 0.6 is 0 Å². The molecule has 2 fully saturated rings. The number of rotatable bonds is 9. The Hall–Kier alpha value is -3.25. The molecule has 2 aliphatic heterocycles. The van der Waals surface area contributed by atoms with Crippen LogP contribution in [0.1, 0.15) is 71.6 Å². The number of hydrogen-bond donors (Lipinski definition) is 2. The number of nitrogens with one attached hydrogen (secondary N) is 2. The van der Waals surface area contributed by atoms with Crippen LogP contribution in [0.4, 0.5) is 27.6 Å². The van der Waals surface area contributed by atoms with E-state index >= 15 is 0 Å². The molecule has 0 aromatic heterocycles. The number of hydrazone groups is 1. The lowest BCUT2D eigenvalue weighted by Gasteiger charge is -2.58. The van der Waals surface area contributed by atoms with Gasteiger partial charge in [0.25, 0.3) is 11.8 Å². The van der Waals surface area contributed by atoms with Crippen LogP contribution < -0.4 is 15.6 Å². The predicted octanol–water partition coefficient (Wildman–Crippen LogP) is 5.63. The van der Waals surface area contributed by atoms with Gasteiger partial charge in [-0.05, 0) is 80.1 Å². The molecule has 232 valence electrons. The summed E-state index contributed by atoms with van der Waals surface area (Å²) < 4.78 is 75.4. The number of nitrogens with zero attached hydrogens (tertiary/aromatic N) is 3. The zero-order chi connectivity index (χ0) is 30.8. The third kappa shape index (κ3) is 4.86. The van der Waals surface area contributed by atoms with Crippen molar-refractivity contribution in [2.75, 3.05) is 25.6 Å². The fraction of sp³-hybridized carbons (Fsp3) is 0.548. The Balaban J connectivity index is 1.26. The summed E-state index contributed by atoms with van der Waals surface area (Å²) in [5.41, 5.74) is 3.09. The molecule has 2 unspecified atom stereocenters.